The number of benzene rings is 1. The van der Waals surface area contributed by atoms with E-state index in [2.05, 4.69) is 0 Å². The average molecular weight is 196 g/mol. The summed E-state index contributed by atoms with van der Waals surface area (Å²) in [5.74, 6) is -0.359. The molecule has 0 spiro atoms. The van der Waals surface area contributed by atoms with Gasteiger partial charge in [0.1, 0.15) is 5.75 Å². The molecule has 0 atom stereocenters. The van der Waals surface area contributed by atoms with Crippen LogP contribution in [-0.2, 0) is 11.4 Å². The van der Waals surface area contributed by atoms with Crippen molar-refractivity contribution < 1.29 is 19.7 Å². The molecule has 1 aromatic carbocycles. The van der Waals surface area contributed by atoms with E-state index in [1.807, 2.05) is 0 Å². The van der Waals surface area contributed by atoms with Crippen molar-refractivity contribution in [3.63, 3.8) is 0 Å². The first-order chi connectivity index (χ1) is 6.74. The zero-order valence-electron chi connectivity index (χ0n) is 7.64. The number of hydrogen-bond acceptors (Lipinski definition) is 3. The van der Waals surface area contributed by atoms with Crippen LogP contribution in [0.3, 0.4) is 0 Å². The van der Waals surface area contributed by atoms with Gasteiger partial charge in [-0.05, 0) is 6.07 Å². The number of carboxylic acid groups (broad SMARTS) is 1. The SMILES string of the molecule is O=C(O)CCOc1ccccc1CO. The van der Waals surface area contributed by atoms with Gasteiger partial charge in [0.2, 0.25) is 0 Å². The molecular formula is C10H12O4. The molecule has 4 heteroatoms. The third kappa shape index (κ3) is 3.06. The molecule has 0 aliphatic carbocycles. The standard InChI is InChI=1S/C10H12O4/c11-7-8-3-1-2-4-9(8)14-6-5-10(12)13/h1-4,11H,5-7H2,(H,12,13). The Hall–Kier alpha value is -1.55. The number of hydrogen-bond donors (Lipinski definition) is 2. The smallest absolute Gasteiger partial charge is 0.306 e. The Morgan fingerprint density at radius 3 is 2.71 bits per heavy atom. The Kier molecular flexibility index (Phi) is 3.94. The van der Waals surface area contributed by atoms with Crippen molar-refractivity contribution in [2.24, 2.45) is 0 Å². The van der Waals surface area contributed by atoms with Crippen LogP contribution in [0.2, 0.25) is 0 Å². The molecule has 0 aliphatic rings. The van der Waals surface area contributed by atoms with Gasteiger partial charge in [0.05, 0.1) is 19.6 Å². The number of aliphatic carboxylic acids is 1. The Balaban J connectivity index is 2.53. The summed E-state index contributed by atoms with van der Waals surface area (Å²) in [5.41, 5.74) is 0.665. The number of aliphatic hydroxyl groups excluding tert-OH is 1. The van der Waals surface area contributed by atoms with Gasteiger partial charge in [0.15, 0.2) is 0 Å². The van der Waals surface area contributed by atoms with Gasteiger partial charge in [0.25, 0.3) is 0 Å². The molecule has 1 rings (SSSR count). The van der Waals surface area contributed by atoms with Crippen molar-refractivity contribution in [2.45, 2.75) is 13.0 Å². The van der Waals surface area contributed by atoms with Crippen LogP contribution in [0, 0.1) is 0 Å². The highest BCUT2D eigenvalue weighted by molar-refractivity contribution is 5.66. The van der Waals surface area contributed by atoms with Crippen molar-refractivity contribution in [2.75, 3.05) is 6.61 Å². The van der Waals surface area contributed by atoms with Gasteiger partial charge in [-0.1, -0.05) is 18.2 Å². The second-order valence-electron chi connectivity index (χ2n) is 2.76. The van der Waals surface area contributed by atoms with Crippen LogP contribution < -0.4 is 4.74 Å². The van der Waals surface area contributed by atoms with E-state index in [9.17, 15) is 4.79 Å². The second kappa shape index (κ2) is 5.24. The summed E-state index contributed by atoms with van der Waals surface area (Å²) in [6.07, 6.45) is -0.0419. The molecule has 4 nitrogen and oxygen atoms in total. The van der Waals surface area contributed by atoms with E-state index in [1.165, 1.54) is 0 Å². The molecule has 0 radical (unpaired) electrons. The van der Waals surface area contributed by atoms with Gasteiger partial charge in [-0.25, -0.2) is 0 Å². The highest BCUT2D eigenvalue weighted by Crippen LogP contribution is 2.17. The highest BCUT2D eigenvalue weighted by atomic mass is 16.5. The molecule has 1 aromatic rings. The lowest BCUT2D eigenvalue weighted by Crippen LogP contribution is -2.06. The molecule has 0 aromatic heterocycles. The predicted molar refractivity (Wildman–Crippen MR) is 50.1 cm³/mol. The average Bonchev–Trinajstić information content (AvgIpc) is 2.18. The molecule has 0 aliphatic heterocycles. The maximum atomic E-state index is 10.2. The molecule has 0 amide bonds. The summed E-state index contributed by atoms with van der Waals surface area (Å²) >= 11 is 0. The number of carbonyl (C=O) groups is 1. The molecule has 0 saturated heterocycles. The van der Waals surface area contributed by atoms with Gasteiger partial charge in [0, 0.05) is 5.56 Å². The van der Waals surface area contributed by atoms with Crippen LogP contribution in [0.5, 0.6) is 5.75 Å². The van der Waals surface area contributed by atoms with Crippen LogP contribution in [-0.4, -0.2) is 22.8 Å². The first kappa shape index (κ1) is 10.5. The largest absolute Gasteiger partial charge is 0.493 e. The summed E-state index contributed by atoms with van der Waals surface area (Å²) in [6.45, 7) is 0.00952. The van der Waals surface area contributed by atoms with Crippen LogP contribution in [0.25, 0.3) is 0 Å². The van der Waals surface area contributed by atoms with E-state index in [4.69, 9.17) is 14.9 Å². The van der Waals surface area contributed by atoms with Gasteiger partial charge < -0.3 is 14.9 Å². The number of para-hydroxylation sites is 1. The minimum Gasteiger partial charge on any atom is -0.493 e. The summed E-state index contributed by atoms with van der Waals surface area (Å²) in [6, 6.07) is 6.99. The molecule has 14 heavy (non-hydrogen) atoms. The van der Waals surface area contributed by atoms with E-state index in [0.29, 0.717) is 11.3 Å². The lowest BCUT2D eigenvalue weighted by molar-refractivity contribution is -0.137. The van der Waals surface area contributed by atoms with Crippen LogP contribution in [0.15, 0.2) is 24.3 Å². The van der Waals surface area contributed by atoms with Crippen molar-refractivity contribution in [1.82, 2.24) is 0 Å². The molecule has 0 unspecified atom stereocenters. The van der Waals surface area contributed by atoms with E-state index in [1.54, 1.807) is 24.3 Å². The second-order valence-corrected chi connectivity index (χ2v) is 2.76. The fourth-order valence-electron chi connectivity index (χ4n) is 1.02. The molecule has 0 bridgehead atoms. The number of carboxylic acids is 1. The molecule has 0 fully saturated rings. The van der Waals surface area contributed by atoms with Gasteiger partial charge in [-0.3, -0.25) is 4.79 Å². The predicted octanol–water partition coefficient (Wildman–Crippen LogP) is 1.03. The van der Waals surface area contributed by atoms with Gasteiger partial charge in [-0.2, -0.15) is 0 Å². The first-order valence-corrected chi connectivity index (χ1v) is 4.27. The lowest BCUT2D eigenvalue weighted by atomic mass is 10.2. The topological polar surface area (TPSA) is 66.8 Å². The fraction of sp³-hybridized carbons (Fsp3) is 0.300. The first-order valence-electron chi connectivity index (χ1n) is 4.27. The molecule has 0 saturated carbocycles. The van der Waals surface area contributed by atoms with Crippen molar-refractivity contribution in [3.8, 4) is 5.75 Å². The molecule has 2 N–H and O–H groups in total. The number of rotatable bonds is 5. The van der Waals surface area contributed by atoms with E-state index in [0.717, 1.165) is 0 Å². The molecule has 0 heterocycles. The highest BCUT2D eigenvalue weighted by Gasteiger charge is 2.02. The third-order valence-corrected chi connectivity index (χ3v) is 1.72. The molecule has 76 valence electrons. The Morgan fingerprint density at radius 1 is 1.36 bits per heavy atom. The third-order valence-electron chi connectivity index (χ3n) is 1.72. The van der Waals surface area contributed by atoms with Crippen LogP contribution >= 0.6 is 0 Å². The minimum atomic E-state index is -0.897. The molecular weight excluding hydrogens is 184 g/mol. The van der Waals surface area contributed by atoms with E-state index < -0.39 is 5.97 Å². The number of ether oxygens (including phenoxy) is 1. The number of aliphatic hydroxyl groups is 1. The zero-order chi connectivity index (χ0) is 10.4. The summed E-state index contributed by atoms with van der Waals surface area (Å²) < 4.78 is 5.20. The van der Waals surface area contributed by atoms with E-state index >= 15 is 0 Å². The summed E-state index contributed by atoms with van der Waals surface area (Å²) in [4.78, 5) is 10.2. The van der Waals surface area contributed by atoms with Gasteiger partial charge in [-0.15, -0.1) is 0 Å². The summed E-state index contributed by atoms with van der Waals surface area (Å²) in [5, 5.41) is 17.3. The minimum absolute atomic E-state index is 0.0419. The normalized spacial score (nSPS) is 9.79. The summed E-state index contributed by atoms with van der Waals surface area (Å²) in [7, 11) is 0. The Morgan fingerprint density at radius 2 is 2.07 bits per heavy atom. The van der Waals surface area contributed by atoms with Gasteiger partial charge >= 0.3 is 5.97 Å². The van der Waals surface area contributed by atoms with Crippen molar-refractivity contribution in [3.05, 3.63) is 29.8 Å². The quantitative estimate of drug-likeness (QED) is 0.738. The van der Waals surface area contributed by atoms with Crippen molar-refractivity contribution >= 4 is 5.97 Å². The maximum Gasteiger partial charge on any atom is 0.306 e. The van der Waals surface area contributed by atoms with Crippen LogP contribution in [0.1, 0.15) is 12.0 Å². The zero-order valence-corrected chi connectivity index (χ0v) is 7.64. The van der Waals surface area contributed by atoms with Crippen molar-refractivity contribution in [1.29, 1.82) is 0 Å². The monoisotopic (exact) mass is 196 g/mol. The van der Waals surface area contributed by atoms with Crippen LogP contribution in [0.4, 0.5) is 0 Å². The Bertz CT molecular complexity index is 309. The maximum absolute atomic E-state index is 10.2. The Labute approximate surface area is 81.8 Å². The van der Waals surface area contributed by atoms with E-state index in [-0.39, 0.29) is 19.6 Å². The lowest BCUT2D eigenvalue weighted by Gasteiger charge is -2.08. The fourth-order valence-corrected chi connectivity index (χ4v) is 1.02.